The second-order valence-electron chi connectivity index (χ2n) is 27.2. The minimum atomic E-state index is -3.15. The van der Waals surface area contributed by atoms with Crippen LogP contribution >= 0.6 is 46.9 Å². The Morgan fingerprint density at radius 1 is 0.569 bits per heavy atom. The quantitative estimate of drug-likeness (QED) is 0.00807. The van der Waals surface area contributed by atoms with E-state index >= 15 is 0 Å². The summed E-state index contributed by atoms with van der Waals surface area (Å²) in [5.74, 6) is 7.13. The number of sulfone groups is 1. The van der Waals surface area contributed by atoms with Gasteiger partial charge in [-0.2, -0.15) is 54.8 Å². The van der Waals surface area contributed by atoms with Crippen molar-refractivity contribution >= 4 is 111 Å². The van der Waals surface area contributed by atoms with Crippen LogP contribution in [0.2, 0.25) is 5.15 Å². The fourth-order valence-corrected chi connectivity index (χ4v) is 14.8. The zero-order chi connectivity index (χ0) is 85.4. The molecule has 0 unspecified atom stereocenters. The van der Waals surface area contributed by atoms with E-state index in [2.05, 4.69) is 97.0 Å². The number of thioether (sulfide) groups is 3. The number of aryl methyl sites for hydroxylation is 2. The molecular formula is C84H128ClN15O12S4. The predicted molar refractivity (Wildman–Crippen MR) is 475 cm³/mol. The molecule has 0 saturated carbocycles. The molecule has 4 atom stereocenters. The van der Waals surface area contributed by atoms with Crippen molar-refractivity contribution < 1.29 is 56.1 Å². The van der Waals surface area contributed by atoms with Crippen molar-refractivity contribution in [2.75, 3.05) is 104 Å². The molecule has 3 aromatic carbocycles. The SMILES string of the molecule is C.CCCC[C@@H](CCS(C)(=O)=O)Nc1nc(N)nc(CCOC=O)c1Cc1cc(COC=O)ccc1OC.CCCC[C@H](N)CCSC.O=C=O.[C-]#[N+]Cc1ccc(OC)c(Cc2c(CCC(=O)N[C@@H](CCCC)CCSC)nc(N)nc2N[C@@H](CCCC)CCSC)c1.[C-]#[N+]Cc1ccc(OC)c(Cc2c(Cl)nc(N)nc2CC)c1. The molecule has 0 fully saturated rings. The molecule has 0 saturated heterocycles. The molecule has 0 bridgehead atoms. The van der Waals surface area contributed by atoms with Crippen molar-refractivity contribution in [2.45, 2.75) is 234 Å². The van der Waals surface area contributed by atoms with Crippen molar-refractivity contribution in [2.24, 2.45) is 5.73 Å². The first kappa shape index (κ1) is 105. The predicted octanol–water partition coefficient (Wildman–Crippen LogP) is 15.2. The van der Waals surface area contributed by atoms with Crippen LogP contribution in [0.5, 0.6) is 17.2 Å². The molecule has 3 aromatic heterocycles. The summed E-state index contributed by atoms with van der Waals surface area (Å²) in [6, 6.07) is 17.8. The molecule has 0 aliphatic carbocycles. The molecule has 0 radical (unpaired) electrons. The summed E-state index contributed by atoms with van der Waals surface area (Å²) in [5.41, 5.74) is 33.8. The Balaban J connectivity index is 0.000000830. The van der Waals surface area contributed by atoms with Gasteiger partial charge in [0.2, 0.25) is 36.8 Å². The van der Waals surface area contributed by atoms with Crippen LogP contribution in [-0.4, -0.2) is 163 Å². The van der Waals surface area contributed by atoms with Gasteiger partial charge in [-0.3, -0.25) is 14.4 Å². The van der Waals surface area contributed by atoms with Gasteiger partial charge in [-0.05, 0) is 171 Å². The second kappa shape index (κ2) is 62.5. The largest absolute Gasteiger partial charge is 0.496 e. The first-order valence-corrected chi connectivity index (χ1v) is 45.6. The van der Waals surface area contributed by atoms with Gasteiger partial charge in [0.1, 0.15) is 50.5 Å². The number of aromatic nitrogens is 6. The van der Waals surface area contributed by atoms with Gasteiger partial charge in [-0.15, -0.1) is 0 Å². The van der Waals surface area contributed by atoms with Crippen molar-refractivity contribution in [1.29, 1.82) is 0 Å². The van der Waals surface area contributed by atoms with E-state index in [9.17, 15) is 22.8 Å². The Morgan fingerprint density at radius 3 is 1.41 bits per heavy atom. The van der Waals surface area contributed by atoms with E-state index in [0.717, 1.165) is 161 Å². The van der Waals surface area contributed by atoms with E-state index in [1.54, 1.807) is 33.5 Å². The lowest BCUT2D eigenvalue weighted by atomic mass is 9.98. The van der Waals surface area contributed by atoms with Crippen LogP contribution in [0.25, 0.3) is 9.69 Å². The number of nitrogens with two attached hydrogens (primary N) is 4. The molecule has 11 N–H and O–H groups in total. The van der Waals surface area contributed by atoms with Gasteiger partial charge in [-0.25, -0.2) is 41.5 Å². The van der Waals surface area contributed by atoms with Gasteiger partial charge in [0.15, 0.2) is 0 Å². The Labute approximate surface area is 708 Å². The third-order valence-corrected chi connectivity index (χ3v) is 21.5. The molecule has 6 rings (SSSR count). The molecule has 642 valence electrons. The number of nitrogens with zero attached hydrogens (tertiary/aromatic N) is 8. The fraction of sp³-hybridized carbons (Fsp3) is 0.571. The number of halogens is 1. The first-order valence-electron chi connectivity index (χ1n) is 39.0. The van der Waals surface area contributed by atoms with Gasteiger partial charge in [-0.1, -0.05) is 111 Å². The minimum Gasteiger partial charge on any atom is -0.496 e. The molecule has 0 aliphatic rings. The van der Waals surface area contributed by atoms with Gasteiger partial charge in [0, 0.05) is 90.3 Å². The molecule has 0 aliphatic heterocycles. The summed E-state index contributed by atoms with van der Waals surface area (Å²) in [7, 11) is 1.69. The van der Waals surface area contributed by atoms with Gasteiger partial charge >= 0.3 is 6.15 Å². The monoisotopic (exact) mass is 1700 g/mol. The molecule has 32 heteroatoms. The normalized spacial score (nSPS) is 11.6. The van der Waals surface area contributed by atoms with E-state index in [1.807, 2.05) is 84.7 Å². The molecule has 6 aromatic rings. The summed E-state index contributed by atoms with van der Waals surface area (Å²) in [6.45, 7) is 26.6. The van der Waals surface area contributed by atoms with Crippen LogP contribution < -0.4 is 53.1 Å². The Bertz CT molecular complexity index is 4050. The number of carbonyl (C=O) groups excluding carboxylic acids is 5. The van der Waals surface area contributed by atoms with Crippen molar-refractivity contribution in [3.63, 3.8) is 0 Å². The molecular weight excluding hydrogens is 1570 g/mol. The fourth-order valence-electron chi connectivity index (χ4n) is 12.3. The average Bonchev–Trinajstić information content (AvgIpc) is 0.814. The molecule has 0 spiro atoms. The minimum absolute atomic E-state index is 0. The van der Waals surface area contributed by atoms with Crippen molar-refractivity contribution in [3.05, 3.63) is 150 Å². The van der Waals surface area contributed by atoms with Gasteiger partial charge in [0.25, 0.3) is 12.9 Å². The van der Waals surface area contributed by atoms with Crippen molar-refractivity contribution in [1.82, 2.24) is 35.2 Å². The van der Waals surface area contributed by atoms with Crippen LogP contribution in [0.4, 0.5) is 29.5 Å². The van der Waals surface area contributed by atoms with Gasteiger partial charge < -0.3 is 72.3 Å². The van der Waals surface area contributed by atoms with Crippen LogP contribution in [0.3, 0.4) is 0 Å². The lowest BCUT2D eigenvalue weighted by Crippen LogP contribution is -2.35. The number of nitrogen functional groups attached to an aromatic ring is 3. The Hall–Kier alpha value is -8.68. The number of rotatable bonds is 51. The third-order valence-electron chi connectivity index (χ3n) is 18.3. The highest BCUT2D eigenvalue weighted by Crippen LogP contribution is 2.34. The molecule has 3 heterocycles. The lowest BCUT2D eigenvalue weighted by molar-refractivity contribution is -0.191. The highest BCUT2D eigenvalue weighted by molar-refractivity contribution is 7.99. The van der Waals surface area contributed by atoms with E-state index < -0.39 is 9.84 Å². The van der Waals surface area contributed by atoms with E-state index in [-0.39, 0.29) is 74.4 Å². The number of amides is 1. The van der Waals surface area contributed by atoms with Crippen molar-refractivity contribution in [3.8, 4) is 17.2 Å². The van der Waals surface area contributed by atoms with Crippen LogP contribution in [0.1, 0.15) is 218 Å². The summed E-state index contributed by atoms with van der Waals surface area (Å²) >= 11 is 11.8. The number of carbonyl (C=O) groups is 3. The maximum absolute atomic E-state index is 13.2. The van der Waals surface area contributed by atoms with Crippen LogP contribution in [0, 0.1) is 13.1 Å². The number of methoxy groups -OCH3 is 3. The van der Waals surface area contributed by atoms with Crippen LogP contribution in [-0.2, 0) is 102 Å². The summed E-state index contributed by atoms with van der Waals surface area (Å²) < 4.78 is 50.1. The zero-order valence-electron chi connectivity index (χ0n) is 69.4. The third kappa shape index (κ3) is 42.4. The smallest absolute Gasteiger partial charge is 0.373 e. The van der Waals surface area contributed by atoms with Gasteiger partial charge in [0.05, 0.1) is 50.8 Å². The summed E-state index contributed by atoms with van der Waals surface area (Å²) in [4.78, 5) is 84.3. The molecule has 27 nitrogen and oxygen atoms in total. The van der Waals surface area contributed by atoms with E-state index in [1.165, 1.54) is 37.7 Å². The first-order chi connectivity index (χ1) is 55.4. The summed E-state index contributed by atoms with van der Waals surface area (Å²) in [6.07, 6.45) is 27.5. The van der Waals surface area contributed by atoms with Crippen LogP contribution in [0.15, 0.2) is 54.6 Å². The summed E-state index contributed by atoms with van der Waals surface area (Å²) in [5, 5.41) is 10.8. The topological polar surface area (TPSA) is 392 Å². The average molecular weight is 1700 g/mol. The number of hydrogen-bond donors (Lipinski definition) is 7. The Morgan fingerprint density at radius 2 is 0.974 bits per heavy atom. The number of anilines is 5. The Kier molecular flexibility index (Phi) is 56.8. The lowest BCUT2D eigenvalue weighted by Gasteiger charge is -2.23. The second-order valence-corrected chi connectivity index (χ2v) is 32.8. The zero-order valence-corrected chi connectivity index (χ0v) is 73.4. The maximum Gasteiger partial charge on any atom is 0.373 e. The number of hydrogen-bond acceptors (Lipinski definition) is 27. The number of unbranched alkanes of at least 4 members (excludes halogenated alkanes) is 4. The number of ether oxygens (including phenoxy) is 5. The standard InChI is InChI=1S/C33H52N6O2S2.C25H36N4O7S.C16H17ClN4O.C8H19NS.CO2.CH4/c1-7-9-11-26(17-19-42-5)36-31(40)16-14-29-28(22-25-21-24(23-35-3)13-15-30(25)41-4)32(39-33(34)38-29)37-27(12-10-8-2)18-20-43-6;1-4-5-6-20(10-12-37(3,32)33)27-24-21(22(9-11-35-16-30)28-25(26)29-24)14-19-13-18(15-36-17-31)7-8-23(19)34-2;1-4-13-12(15(17)21-16(18)20-13)8-11-7-10(9-19-2)5-6-14(11)22-3;1-3-4-5-8(9)6-7-10-2;2-1-3;/h13,15,21,26-27H,7-12,14,16-20,22-23H2,1-2,4-6H3,(H,36,40)(H3,34,37,38,39);7-8,13,16-17,20H,4-6,9-12,14-15H2,1-3H3,(H3,26,27,28,29);5-7H,4,8-9H2,1,3H3,(H2,18,20,21);8H,3-7,9H2,1-2H3;;1H4/t26-,27-;20-;;8-;;/m00.0../s1. The number of nitrogens with one attached hydrogen (secondary N) is 3. The molecule has 1 amide bonds. The maximum atomic E-state index is 13.2. The van der Waals surface area contributed by atoms with E-state index in [4.69, 9.17) is 85.9 Å². The highest BCUT2D eigenvalue weighted by Gasteiger charge is 2.25. The highest BCUT2D eigenvalue weighted by atomic mass is 35.5. The molecule has 116 heavy (non-hydrogen) atoms. The number of benzene rings is 3. The van der Waals surface area contributed by atoms with E-state index in [0.29, 0.717) is 106 Å².